The first-order valence-corrected chi connectivity index (χ1v) is 9.61. The van der Waals surface area contributed by atoms with Crippen LogP contribution in [0.2, 0.25) is 0 Å². The largest absolute Gasteiger partial charge is 0.460 e. The molecule has 0 aliphatic rings. The average molecular weight is 398 g/mol. The van der Waals surface area contributed by atoms with Crippen molar-refractivity contribution in [1.29, 1.82) is 0 Å². The van der Waals surface area contributed by atoms with Crippen molar-refractivity contribution in [2.75, 3.05) is 0 Å². The number of benzene rings is 3. The van der Waals surface area contributed by atoms with Crippen LogP contribution in [0, 0.1) is 6.92 Å². The molecular formula is C24H18N2O4. The summed E-state index contributed by atoms with van der Waals surface area (Å²) in [6.07, 6.45) is 0.0334. The van der Waals surface area contributed by atoms with Gasteiger partial charge in [-0.25, -0.2) is 0 Å². The number of nitrogens with zero attached hydrogens (tertiary/aromatic N) is 2. The van der Waals surface area contributed by atoms with Gasteiger partial charge < -0.3 is 13.7 Å². The average Bonchev–Trinajstić information content (AvgIpc) is 3.39. The van der Waals surface area contributed by atoms with Gasteiger partial charge in [-0.2, -0.15) is 4.98 Å². The molecule has 0 fully saturated rings. The summed E-state index contributed by atoms with van der Waals surface area (Å²) in [5.41, 5.74) is 2.71. The molecule has 30 heavy (non-hydrogen) atoms. The molecule has 2 heterocycles. The van der Waals surface area contributed by atoms with Crippen molar-refractivity contribution >= 4 is 27.7 Å². The Kier molecular flexibility index (Phi) is 4.52. The number of ether oxygens (including phenoxy) is 1. The fourth-order valence-electron chi connectivity index (χ4n) is 3.40. The van der Waals surface area contributed by atoms with Gasteiger partial charge in [-0.05, 0) is 42.0 Å². The van der Waals surface area contributed by atoms with Crippen LogP contribution in [0.25, 0.3) is 33.2 Å². The van der Waals surface area contributed by atoms with E-state index in [1.807, 2.05) is 73.7 Å². The number of hydrogen-bond acceptors (Lipinski definition) is 6. The number of furan rings is 1. The van der Waals surface area contributed by atoms with Crippen LogP contribution in [-0.2, 0) is 22.6 Å². The van der Waals surface area contributed by atoms with Gasteiger partial charge in [0.15, 0.2) is 6.61 Å². The Labute approximate surface area is 172 Å². The minimum atomic E-state index is -0.417. The third kappa shape index (κ3) is 3.55. The first-order chi connectivity index (χ1) is 14.7. The topological polar surface area (TPSA) is 78.4 Å². The predicted molar refractivity (Wildman–Crippen MR) is 112 cm³/mol. The lowest BCUT2D eigenvalue weighted by molar-refractivity contribution is -0.144. The molecule has 0 N–H and O–H groups in total. The SMILES string of the molecule is Cc1ccc(-c2nc(COC(=O)Cc3cc4c(ccc5ccccc54)o3)no2)cc1. The van der Waals surface area contributed by atoms with Crippen molar-refractivity contribution in [1.82, 2.24) is 10.1 Å². The molecule has 148 valence electrons. The van der Waals surface area contributed by atoms with Gasteiger partial charge in [0.05, 0.1) is 0 Å². The summed E-state index contributed by atoms with van der Waals surface area (Å²) < 4.78 is 16.4. The van der Waals surface area contributed by atoms with Crippen LogP contribution < -0.4 is 0 Å². The van der Waals surface area contributed by atoms with Crippen LogP contribution in [-0.4, -0.2) is 16.1 Å². The fraction of sp³-hybridized carbons (Fsp3) is 0.125. The lowest BCUT2D eigenvalue weighted by Crippen LogP contribution is -2.08. The van der Waals surface area contributed by atoms with Crippen molar-refractivity contribution in [2.24, 2.45) is 0 Å². The zero-order valence-electron chi connectivity index (χ0n) is 16.3. The van der Waals surface area contributed by atoms with Gasteiger partial charge in [0.25, 0.3) is 5.89 Å². The molecule has 0 bridgehead atoms. The Balaban J connectivity index is 1.25. The molecule has 6 nitrogen and oxygen atoms in total. The molecule has 0 spiro atoms. The molecule has 2 aromatic heterocycles. The third-order valence-electron chi connectivity index (χ3n) is 4.92. The molecule has 3 aromatic carbocycles. The van der Waals surface area contributed by atoms with Gasteiger partial charge in [-0.15, -0.1) is 0 Å². The van der Waals surface area contributed by atoms with Crippen LogP contribution in [0.15, 0.2) is 75.7 Å². The maximum Gasteiger partial charge on any atom is 0.313 e. The highest BCUT2D eigenvalue weighted by Crippen LogP contribution is 2.28. The zero-order chi connectivity index (χ0) is 20.5. The maximum absolute atomic E-state index is 12.3. The van der Waals surface area contributed by atoms with Crippen molar-refractivity contribution < 1.29 is 18.5 Å². The fourth-order valence-corrected chi connectivity index (χ4v) is 3.40. The molecule has 0 amide bonds. The van der Waals surface area contributed by atoms with E-state index in [2.05, 4.69) is 10.1 Å². The van der Waals surface area contributed by atoms with Gasteiger partial charge in [0, 0.05) is 10.9 Å². The Bertz CT molecular complexity index is 1350. The number of fused-ring (bicyclic) bond motifs is 3. The maximum atomic E-state index is 12.3. The molecule has 5 aromatic rings. The molecule has 5 rings (SSSR count). The molecule has 0 radical (unpaired) electrons. The molecule has 0 saturated carbocycles. The Morgan fingerprint density at radius 2 is 1.83 bits per heavy atom. The first kappa shape index (κ1) is 18.1. The van der Waals surface area contributed by atoms with E-state index in [4.69, 9.17) is 13.7 Å². The van der Waals surface area contributed by atoms with Gasteiger partial charge in [-0.1, -0.05) is 53.2 Å². The van der Waals surface area contributed by atoms with E-state index >= 15 is 0 Å². The third-order valence-corrected chi connectivity index (χ3v) is 4.92. The lowest BCUT2D eigenvalue weighted by atomic mass is 10.1. The standard InChI is InChI=1S/C24H18N2O4/c1-15-6-8-17(9-7-15)24-25-22(26-30-24)14-28-23(27)13-18-12-20-19-5-3-2-4-16(19)10-11-21(20)29-18/h2-12H,13-14H2,1H3. The van der Waals surface area contributed by atoms with E-state index in [9.17, 15) is 4.79 Å². The van der Waals surface area contributed by atoms with E-state index < -0.39 is 5.97 Å². The van der Waals surface area contributed by atoms with Crippen molar-refractivity contribution in [3.05, 3.63) is 83.9 Å². The summed E-state index contributed by atoms with van der Waals surface area (Å²) in [5, 5.41) is 7.08. The summed E-state index contributed by atoms with van der Waals surface area (Å²) in [7, 11) is 0. The lowest BCUT2D eigenvalue weighted by Gasteiger charge is -1.99. The summed E-state index contributed by atoms with van der Waals surface area (Å²) in [5.74, 6) is 0.847. The second-order valence-electron chi connectivity index (χ2n) is 7.13. The molecule has 0 saturated heterocycles. The van der Waals surface area contributed by atoms with Crippen LogP contribution in [0.4, 0.5) is 0 Å². The van der Waals surface area contributed by atoms with Gasteiger partial charge in [0.2, 0.25) is 5.82 Å². The van der Waals surface area contributed by atoms with Crippen molar-refractivity contribution in [3.8, 4) is 11.5 Å². The van der Waals surface area contributed by atoms with Crippen LogP contribution in [0.3, 0.4) is 0 Å². The quantitative estimate of drug-likeness (QED) is 0.377. The van der Waals surface area contributed by atoms with Crippen molar-refractivity contribution in [2.45, 2.75) is 20.0 Å². The van der Waals surface area contributed by atoms with E-state index in [0.717, 1.165) is 32.9 Å². The smallest absolute Gasteiger partial charge is 0.313 e. The van der Waals surface area contributed by atoms with E-state index in [1.165, 1.54) is 0 Å². The molecular weight excluding hydrogens is 380 g/mol. The summed E-state index contributed by atoms with van der Waals surface area (Å²) >= 11 is 0. The van der Waals surface area contributed by atoms with Crippen LogP contribution in [0.1, 0.15) is 17.1 Å². The second-order valence-corrected chi connectivity index (χ2v) is 7.13. The van der Waals surface area contributed by atoms with Gasteiger partial charge in [-0.3, -0.25) is 4.79 Å². The number of aromatic nitrogens is 2. The number of hydrogen-bond donors (Lipinski definition) is 0. The zero-order valence-corrected chi connectivity index (χ0v) is 16.3. The Morgan fingerprint density at radius 3 is 2.70 bits per heavy atom. The number of esters is 1. The van der Waals surface area contributed by atoms with E-state index in [0.29, 0.717) is 17.5 Å². The number of rotatable bonds is 5. The predicted octanol–water partition coefficient (Wildman–Crippen LogP) is 5.23. The summed E-state index contributed by atoms with van der Waals surface area (Å²) in [6, 6.07) is 21.6. The Hall–Kier alpha value is -3.93. The second kappa shape index (κ2) is 7.48. The molecule has 6 heteroatoms. The highest BCUT2D eigenvalue weighted by Gasteiger charge is 2.14. The molecule has 0 atom stereocenters. The van der Waals surface area contributed by atoms with Gasteiger partial charge in [0.1, 0.15) is 17.8 Å². The Morgan fingerprint density at radius 1 is 1.00 bits per heavy atom. The van der Waals surface area contributed by atoms with Crippen LogP contribution >= 0.6 is 0 Å². The number of carbonyl (C=O) groups excluding carboxylic acids is 1. The normalized spacial score (nSPS) is 11.2. The monoisotopic (exact) mass is 398 g/mol. The van der Waals surface area contributed by atoms with Gasteiger partial charge >= 0.3 is 5.97 Å². The minimum absolute atomic E-state index is 0.0334. The highest BCUT2D eigenvalue weighted by atomic mass is 16.5. The molecule has 0 aliphatic carbocycles. The molecule has 0 aliphatic heterocycles. The van der Waals surface area contributed by atoms with E-state index in [-0.39, 0.29) is 13.0 Å². The van der Waals surface area contributed by atoms with Crippen LogP contribution in [0.5, 0.6) is 0 Å². The van der Waals surface area contributed by atoms with E-state index in [1.54, 1.807) is 0 Å². The summed E-state index contributed by atoms with van der Waals surface area (Å²) in [4.78, 5) is 16.6. The molecule has 0 unspecified atom stereocenters. The first-order valence-electron chi connectivity index (χ1n) is 9.61. The number of carbonyl (C=O) groups is 1. The minimum Gasteiger partial charge on any atom is -0.460 e. The number of aryl methyl sites for hydroxylation is 1. The highest BCUT2D eigenvalue weighted by molar-refractivity contribution is 6.06. The summed E-state index contributed by atoms with van der Waals surface area (Å²) in [6.45, 7) is 1.95. The van der Waals surface area contributed by atoms with Crippen molar-refractivity contribution in [3.63, 3.8) is 0 Å².